The molecule has 0 bridgehead atoms. The number of aromatic nitrogens is 1. The predicted octanol–water partition coefficient (Wildman–Crippen LogP) is 5.60. The van der Waals surface area contributed by atoms with Crippen molar-refractivity contribution < 1.29 is 13.9 Å². The van der Waals surface area contributed by atoms with Gasteiger partial charge < -0.3 is 24.7 Å². The minimum Gasteiger partial charge on any atom is -0.465 e. The monoisotopic (exact) mass is 512 g/mol. The summed E-state index contributed by atoms with van der Waals surface area (Å²) in [6.45, 7) is 1.57. The molecular weight excluding hydrogens is 484 g/mol. The number of hydrogen-bond acceptors (Lipinski definition) is 6. The quantitative estimate of drug-likeness (QED) is 0.170. The van der Waals surface area contributed by atoms with E-state index in [2.05, 4.69) is 32.7 Å². The van der Waals surface area contributed by atoms with Crippen LogP contribution < -0.4 is 10.6 Å². The molecule has 0 saturated carbocycles. The molecule has 5 rings (SSSR count). The average Bonchev–Trinajstić information content (AvgIpc) is 3.56. The molecule has 1 aliphatic heterocycles. The summed E-state index contributed by atoms with van der Waals surface area (Å²) in [6.07, 6.45) is 2.69. The molecule has 1 fully saturated rings. The molecule has 0 amide bonds. The highest BCUT2D eigenvalue weighted by atomic mass is 32.1. The van der Waals surface area contributed by atoms with Crippen molar-refractivity contribution in [1.29, 1.82) is 0 Å². The molecule has 1 aliphatic rings. The first-order valence-corrected chi connectivity index (χ1v) is 12.6. The van der Waals surface area contributed by atoms with E-state index in [9.17, 15) is 4.79 Å². The molecule has 2 atom stereocenters. The summed E-state index contributed by atoms with van der Waals surface area (Å²) >= 11 is 5.77. The maximum absolute atomic E-state index is 11.8. The molecule has 0 aliphatic carbocycles. The van der Waals surface area contributed by atoms with Gasteiger partial charge in [0.2, 0.25) is 0 Å². The number of furan rings is 1. The second-order valence-electron chi connectivity index (χ2n) is 8.74. The zero-order valence-electron chi connectivity index (χ0n) is 20.5. The Morgan fingerprint density at radius 3 is 2.57 bits per heavy atom. The molecule has 0 spiro atoms. The van der Waals surface area contributed by atoms with Crippen LogP contribution in [0.3, 0.4) is 0 Å². The third kappa shape index (κ3) is 5.49. The summed E-state index contributed by atoms with van der Waals surface area (Å²) in [6, 6.07) is 26.9. The van der Waals surface area contributed by atoms with Gasteiger partial charge in [0.1, 0.15) is 17.6 Å². The van der Waals surface area contributed by atoms with Crippen LogP contribution in [0.5, 0.6) is 0 Å². The number of esters is 1. The van der Waals surface area contributed by atoms with Gasteiger partial charge in [-0.3, -0.25) is 4.98 Å². The first-order valence-electron chi connectivity index (χ1n) is 12.2. The molecule has 7 nitrogen and oxygen atoms in total. The number of methoxy groups -OCH3 is 1. The number of ether oxygens (including phenoxy) is 1. The van der Waals surface area contributed by atoms with Crippen molar-refractivity contribution in [2.45, 2.75) is 18.5 Å². The minimum atomic E-state index is -0.368. The number of carbonyl (C=O) groups is 1. The van der Waals surface area contributed by atoms with Gasteiger partial charge in [-0.25, -0.2) is 4.79 Å². The maximum Gasteiger partial charge on any atom is 0.337 e. The molecule has 3 heterocycles. The third-order valence-corrected chi connectivity index (χ3v) is 6.74. The lowest BCUT2D eigenvalue weighted by Gasteiger charge is -2.26. The average molecular weight is 513 g/mol. The number of para-hydroxylation sites is 1. The standard InChI is InChI=1S/C29H28N4O3S/c1-35-28(34)21-13-11-20(12-14-21)24-15-16-25(36-24)27-26(23-10-5-6-17-31-23)32-29(37)33(27)19-7-18-30-22-8-3-2-4-9-22/h2-6,8-17,26-27,30H,7,18-19H2,1H3,(H,32,37). The fourth-order valence-corrected chi connectivity index (χ4v) is 4.88. The van der Waals surface area contributed by atoms with E-state index in [1.165, 1.54) is 7.11 Å². The van der Waals surface area contributed by atoms with Gasteiger partial charge in [0.25, 0.3) is 0 Å². The molecule has 8 heteroatoms. The van der Waals surface area contributed by atoms with E-state index in [1.807, 2.05) is 60.7 Å². The van der Waals surface area contributed by atoms with E-state index in [1.54, 1.807) is 18.3 Å². The van der Waals surface area contributed by atoms with Gasteiger partial charge in [0.15, 0.2) is 5.11 Å². The van der Waals surface area contributed by atoms with Crippen molar-refractivity contribution in [2.24, 2.45) is 0 Å². The second-order valence-corrected chi connectivity index (χ2v) is 9.12. The third-order valence-electron chi connectivity index (χ3n) is 6.39. The van der Waals surface area contributed by atoms with Crippen LogP contribution in [-0.4, -0.2) is 41.2 Å². The van der Waals surface area contributed by atoms with Gasteiger partial charge in [0.05, 0.1) is 24.4 Å². The Hall–Kier alpha value is -4.17. The van der Waals surface area contributed by atoms with Gasteiger partial charge >= 0.3 is 5.97 Å². The van der Waals surface area contributed by atoms with E-state index in [0.29, 0.717) is 10.7 Å². The number of thiocarbonyl (C=S) groups is 1. The van der Waals surface area contributed by atoms with Crippen molar-refractivity contribution in [1.82, 2.24) is 15.2 Å². The predicted molar refractivity (Wildman–Crippen MR) is 147 cm³/mol. The summed E-state index contributed by atoms with van der Waals surface area (Å²) in [4.78, 5) is 18.6. The van der Waals surface area contributed by atoms with E-state index in [0.717, 1.165) is 48.0 Å². The molecule has 188 valence electrons. The first kappa shape index (κ1) is 24.5. The molecular formula is C29H28N4O3S. The van der Waals surface area contributed by atoms with Crippen LogP contribution >= 0.6 is 12.2 Å². The molecule has 2 N–H and O–H groups in total. The molecule has 2 unspecified atom stereocenters. The lowest BCUT2D eigenvalue weighted by Crippen LogP contribution is -2.31. The lowest BCUT2D eigenvalue weighted by atomic mass is 10.0. The van der Waals surface area contributed by atoms with Gasteiger partial charge in [-0.15, -0.1) is 0 Å². The Balaban J connectivity index is 1.37. The molecule has 2 aromatic heterocycles. The molecule has 2 aromatic carbocycles. The van der Waals surface area contributed by atoms with Crippen LogP contribution in [0.15, 0.2) is 95.5 Å². The number of nitrogens with one attached hydrogen (secondary N) is 2. The summed E-state index contributed by atoms with van der Waals surface area (Å²) in [5.74, 6) is 1.15. The number of hydrogen-bond donors (Lipinski definition) is 2. The van der Waals surface area contributed by atoms with Crippen LogP contribution in [0.1, 0.15) is 40.3 Å². The fourth-order valence-electron chi connectivity index (χ4n) is 4.55. The molecule has 4 aromatic rings. The molecule has 1 saturated heterocycles. The zero-order chi connectivity index (χ0) is 25.6. The lowest BCUT2D eigenvalue weighted by molar-refractivity contribution is 0.0600. The van der Waals surface area contributed by atoms with Crippen molar-refractivity contribution in [3.8, 4) is 11.3 Å². The molecule has 0 radical (unpaired) electrons. The number of anilines is 1. The zero-order valence-corrected chi connectivity index (χ0v) is 21.3. The fraction of sp³-hybridized carbons (Fsp3) is 0.207. The number of benzene rings is 2. The van der Waals surface area contributed by atoms with Crippen molar-refractivity contribution >= 4 is 29.0 Å². The van der Waals surface area contributed by atoms with Gasteiger partial charge in [0, 0.05) is 30.5 Å². The number of rotatable bonds is 9. The summed E-state index contributed by atoms with van der Waals surface area (Å²) in [5, 5.41) is 7.61. The summed E-state index contributed by atoms with van der Waals surface area (Å²) in [5.41, 5.74) is 3.37. The van der Waals surface area contributed by atoms with E-state index < -0.39 is 0 Å². The second kappa shape index (κ2) is 11.3. The highest BCUT2D eigenvalue weighted by Crippen LogP contribution is 2.40. The van der Waals surface area contributed by atoms with E-state index in [4.69, 9.17) is 21.4 Å². The highest BCUT2D eigenvalue weighted by Gasteiger charge is 2.41. The minimum absolute atomic E-state index is 0.142. The normalized spacial score (nSPS) is 16.9. The van der Waals surface area contributed by atoms with Gasteiger partial charge in [-0.1, -0.05) is 36.4 Å². The smallest absolute Gasteiger partial charge is 0.337 e. The van der Waals surface area contributed by atoms with Crippen molar-refractivity contribution in [3.63, 3.8) is 0 Å². The van der Waals surface area contributed by atoms with Crippen LogP contribution in [0, 0.1) is 0 Å². The Labute approximate surface area is 221 Å². The Bertz CT molecular complexity index is 1340. The SMILES string of the molecule is COC(=O)c1ccc(-c2ccc(C3C(c4ccccn4)NC(=S)N3CCCNc3ccccc3)o2)cc1. The first-order chi connectivity index (χ1) is 18.1. The molecule has 37 heavy (non-hydrogen) atoms. The van der Waals surface area contributed by atoms with Crippen LogP contribution in [0.2, 0.25) is 0 Å². The number of carbonyl (C=O) groups excluding carboxylic acids is 1. The van der Waals surface area contributed by atoms with Crippen molar-refractivity contribution in [2.75, 3.05) is 25.5 Å². The van der Waals surface area contributed by atoms with Gasteiger partial charge in [-0.05, 0) is 67.2 Å². The largest absolute Gasteiger partial charge is 0.465 e. The van der Waals surface area contributed by atoms with E-state index in [-0.39, 0.29) is 18.1 Å². The summed E-state index contributed by atoms with van der Waals surface area (Å²) in [7, 11) is 1.37. The number of pyridine rings is 1. The Morgan fingerprint density at radius 2 is 1.84 bits per heavy atom. The van der Waals surface area contributed by atoms with Crippen LogP contribution in [0.4, 0.5) is 5.69 Å². The Kier molecular flexibility index (Phi) is 7.46. The van der Waals surface area contributed by atoms with Crippen LogP contribution in [-0.2, 0) is 4.74 Å². The number of nitrogens with zero attached hydrogens (tertiary/aromatic N) is 2. The van der Waals surface area contributed by atoms with E-state index >= 15 is 0 Å². The van der Waals surface area contributed by atoms with Gasteiger partial charge in [-0.2, -0.15) is 0 Å². The van der Waals surface area contributed by atoms with Crippen LogP contribution in [0.25, 0.3) is 11.3 Å². The summed E-state index contributed by atoms with van der Waals surface area (Å²) < 4.78 is 11.2. The highest BCUT2D eigenvalue weighted by molar-refractivity contribution is 7.80. The van der Waals surface area contributed by atoms with Crippen molar-refractivity contribution in [3.05, 3.63) is 108 Å². The maximum atomic E-state index is 11.8. The topological polar surface area (TPSA) is 79.6 Å². The Morgan fingerprint density at radius 1 is 1.05 bits per heavy atom.